The van der Waals surface area contributed by atoms with Crippen LogP contribution in [-0.2, 0) is 26.6 Å². The van der Waals surface area contributed by atoms with E-state index in [1.807, 2.05) is 37.3 Å². The van der Waals surface area contributed by atoms with Gasteiger partial charge in [0.25, 0.3) is 5.56 Å². The third-order valence-corrected chi connectivity index (χ3v) is 6.33. The second-order valence-electron chi connectivity index (χ2n) is 8.60. The molecule has 1 aliphatic rings. The molecule has 0 saturated heterocycles. The van der Waals surface area contributed by atoms with Crippen molar-refractivity contribution >= 4 is 17.1 Å². The zero-order chi connectivity index (χ0) is 22.2. The minimum absolute atomic E-state index is 0.239. The number of imidazole rings is 1. The van der Waals surface area contributed by atoms with Crippen LogP contribution in [0.1, 0.15) is 23.1 Å². The average Bonchev–Trinajstić information content (AvgIpc) is 3.20. The van der Waals surface area contributed by atoms with Gasteiger partial charge in [-0.3, -0.25) is 18.8 Å². The van der Waals surface area contributed by atoms with Crippen molar-refractivity contribution in [2.24, 2.45) is 7.05 Å². The van der Waals surface area contributed by atoms with Crippen LogP contribution in [0.15, 0.2) is 64.2 Å². The molecule has 32 heavy (non-hydrogen) atoms. The Bertz CT molecular complexity index is 1400. The third-order valence-electron chi connectivity index (χ3n) is 6.33. The molecular weight excluding hydrogens is 402 g/mol. The number of aromatic amines is 1. The fourth-order valence-electron chi connectivity index (χ4n) is 4.67. The van der Waals surface area contributed by atoms with Crippen LogP contribution in [0.25, 0.3) is 11.2 Å². The number of rotatable bonds is 5. The molecule has 0 unspecified atom stereocenters. The maximum Gasteiger partial charge on any atom is 0.359 e. The minimum atomic E-state index is -0.306. The summed E-state index contributed by atoms with van der Waals surface area (Å²) in [6, 6.07) is 18.3. The van der Waals surface area contributed by atoms with Crippen molar-refractivity contribution in [1.29, 1.82) is 0 Å². The van der Waals surface area contributed by atoms with Crippen LogP contribution in [0, 0.1) is 6.92 Å². The molecule has 0 amide bonds. The summed E-state index contributed by atoms with van der Waals surface area (Å²) in [5, 5.41) is 0. The number of anilines is 1. The maximum absolute atomic E-state index is 13.5. The van der Waals surface area contributed by atoms with Crippen molar-refractivity contribution in [1.82, 2.24) is 14.1 Å². The van der Waals surface area contributed by atoms with Gasteiger partial charge >= 0.3 is 11.6 Å². The fraction of sp³-hybridized carbons (Fsp3) is 0.320. The number of hydrogen-bond acceptors (Lipinski definition) is 3. The Hall–Kier alpha value is -3.61. The lowest BCUT2D eigenvalue weighted by Crippen LogP contribution is -2.51. The number of aryl methyl sites for hydroxylation is 3. The molecule has 0 spiro atoms. The van der Waals surface area contributed by atoms with E-state index >= 15 is 0 Å². The van der Waals surface area contributed by atoms with Gasteiger partial charge in [-0.25, -0.2) is 14.3 Å². The van der Waals surface area contributed by atoms with E-state index in [0.29, 0.717) is 11.2 Å². The van der Waals surface area contributed by atoms with Crippen molar-refractivity contribution in [2.45, 2.75) is 32.9 Å². The van der Waals surface area contributed by atoms with Gasteiger partial charge in [-0.1, -0.05) is 60.2 Å². The topological polar surface area (TPSA) is 66.9 Å². The summed E-state index contributed by atoms with van der Waals surface area (Å²) in [5.41, 5.74) is 3.95. The molecular formula is C25H28N5O2+. The number of aromatic nitrogens is 4. The van der Waals surface area contributed by atoms with Crippen LogP contribution < -0.4 is 20.7 Å². The van der Waals surface area contributed by atoms with Gasteiger partial charge in [0.1, 0.15) is 0 Å². The van der Waals surface area contributed by atoms with E-state index in [-0.39, 0.29) is 17.8 Å². The molecule has 164 valence electrons. The van der Waals surface area contributed by atoms with Crippen LogP contribution in [-0.4, -0.2) is 27.2 Å². The van der Waals surface area contributed by atoms with Crippen molar-refractivity contribution in [3.8, 4) is 0 Å². The van der Waals surface area contributed by atoms with Gasteiger partial charge in [-0.2, -0.15) is 0 Å². The summed E-state index contributed by atoms with van der Waals surface area (Å²) < 4.78 is 4.96. The van der Waals surface area contributed by atoms with Crippen LogP contribution in [0.5, 0.6) is 0 Å². The zero-order valence-electron chi connectivity index (χ0n) is 18.5. The van der Waals surface area contributed by atoms with Crippen molar-refractivity contribution in [3.05, 3.63) is 92.1 Å². The molecule has 2 aromatic carbocycles. The number of H-pyrrole nitrogens is 1. The minimum Gasteiger partial charge on any atom is -0.267 e. The summed E-state index contributed by atoms with van der Waals surface area (Å²) in [5.74, 6) is 0.905. The Kier molecular flexibility index (Phi) is 5.17. The Labute approximate surface area is 186 Å². The second-order valence-corrected chi connectivity index (χ2v) is 8.60. The molecule has 0 fully saturated rings. The normalized spacial score (nSPS) is 13.5. The number of fused-ring (bicyclic) bond motifs is 3. The van der Waals surface area contributed by atoms with Crippen molar-refractivity contribution in [3.63, 3.8) is 0 Å². The van der Waals surface area contributed by atoms with E-state index < -0.39 is 0 Å². The molecule has 3 heterocycles. The van der Waals surface area contributed by atoms with Crippen LogP contribution >= 0.6 is 0 Å². The van der Waals surface area contributed by atoms with E-state index in [0.717, 1.165) is 49.6 Å². The van der Waals surface area contributed by atoms with E-state index in [1.165, 1.54) is 10.1 Å². The van der Waals surface area contributed by atoms with E-state index in [9.17, 15) is 9.59 Å². The zero-order valence-corrected chi connectivity index (χ0v) is 18.5. The SMILES string of the molecule is Cc1cccc(Cn2c(=O)c3c([nH]c4[n+]3CCCN4CCc3ccccc3)n(C)c2=O)c1. The van der Waals surface area contributed by atoms with Crippen LogP contribution in [0.3, 0.4) is 0 Å². The Morgan fingerprint density at radius 3 is 2.59 bits per heavy atom. The molecule has 0 radical (unpaired) electrons. The standard InChI is InChI=1S/C25H27N5O2/c1-18-8-6-11-20(16-18)17-30-23(31)21-22(27(2)25(30)32)26-24-28(13-7-14-29(21)24)15-12-19-9-4-3-5-10-19/h3-6,8-11,16H,7,12-15,17H2,1-2H3/p+1. The first-order valence-corrected chi connectivity index (χ1v) is 11.1. The summed E-state index contributed by atoms with van der Waals surface area (Å²) in [6.07, 6.45) is 1.88. The highest BCUT2D eigenvalue weighted by Crippen LogP contribution is 2.17. The van der Waals surface area contributed by atoms with Gasteiger partial charge < -0.3 is 0 Å². The smallest absolute Gasteiger partial charge is 0.267 e. The lowest BCUT2D eigenvalue weighted by molar-refractivity contribution is -0.663. The molecule has 7 heteroatoms. The highest BCUT2D eigenvalue weighted by Gasteiger charge is 2.32. The lowest BCUT2D eigenvalue weighted by atomic mass is 10.1. The quantitative estimate of drug-likeness (QED) is 0.493. The first-order valence-electron chi connectivity index (χ1n) is 11.1. The highest BCUT2D eigenvalue weighted by atomic mass is 16.2. The van der Waals surface area contributed by atoms with Gasteiger partial charge in [0, 0.05) is 19.9 Å². The van der Waals surface area contributed by atoms with Crippen LogP contribution in [0.2, 0.25) is 0 Å². The van der Waals surface area contributed by atoms with Crippen molar-refractivity contribution in [2.75, 3.05) is 18.0 Å². The monoisotopic (exact) mass is 430 g/mol. The third kappa shape index (κ3) is 3.53. The Balaban J connectivity index is 1.56. The van der Waals surface area contributed by atoms with Gasteiger partial charge in [0.05, 0.1) is 26.2 Å². The van der Waals surface area contributed by atoms with Gasteiger partial charge in [-0.15, -0.1) is 0 Å². The van der Waals surface area contributed by atoms with Gasteiger partial charge in [-0.05, 0) is 18.1 Å². The van der Waals surface area contributed by atoms with E-state index in [4.69, 9.17) is 0 Å². The highest BCUT2D eigenvalue weighted by molar-refractivity contribution is 5.68. The molecule has 7 nitrogen and oxygen atoms in total. The summed E-state index contributed by atoms with van der Waals surface area (Å²) in [6.45, 7) is 4.81. The van der Waals surface area contributed by atoms with E-state index in [1.54, 1.807) is 11.6 Å². The summed E-state index contributed by atoms with van der Waals surface area (Å²) >= 11 is 0. The number of nitrogens with one attached hydrogen (secondary N) is 1. The number of benzene rings is 2. The molecule has 0 bridgehead atoms. The van der Waals surface area contributed by atoms with E-state index in [2.05, 4.69) is 38.7 Å². The molecule has 0 aliphatic carbocycles. The fourth-order valence-corrected chi connectivity index (χ4v) is 4.67. The predicted octanol–water partition coefficient (Wildman–Crippen LogP) is 2.13. The molecule has 0 saturated carbocycles. The van der Waals surface area contributed by atoms with Crippen molar-refractivity contribution < 1.29 is 4.57 Å². The summed E-state index contributed by atoms with van der Waals surface area (Å²) in [4.78, 5) is 32.3. The molecule has 4 aromatic rings. The Morgan fingerprint density at radius 2 is 1.81 bits per heavy atom. The molecule has 1 aliphatic heterocycles. The molecule has 2 aromatic heterocycles. The first-order chi connectivity index (χ1) is 15.5. The predicted molar refractivity (Wildman–Crippen MR) is 125 cm³/mol. The number of nitrogens with zero attached hydrogens (tertiary/aromatic N) is 4. The lowest BCUT2D eigenvalue weighted by Gasteiger charge is -2.22. The Morgan fingerprint density at radius 1 is 1.03 bits per heavy atom. The molecule has 5 rings (SSSR count). The average molecular weight is 431 g/mol. The molecule has 0 atom stereocenters. The second kappa shape index (κ2) is 8.15. The van der Waals surface area contributed by atoms with Gasteiger partial charge in [0.2, 0.25) is 11.2 Å². The van der Waals surface area contributed by atoms with Gasteiger partial charge in [0.15, 0.2) is 0 Å². The number of hydrogen-bond donors (Lipinski definition) is 1. The van der Waals surface area contributed by atoms with Crippen LogP contribution in [0.4, 0.5) is 5.95 Å². The largest absolute Gasteiger partial charge is 0.359 e. The maximum atomic E-state index is 13.5. The molecule has 1 N–H and O–H groups in total. The summed E-state index contributed by atoms with van der Waals surface area (Å²) in [7, 11) is 1.73. The first kappa shape index (κ1) is 20.3.